The second-order valence-electron chi connectivity index (χ2n) is 4.79. The number of nitrogens with one attached hydrogen (secondary N) is 1. The molecule has 0 saturated heterocycles. The molecule has 5 heteroatoms. The van der Waals surface area contributed by atoms with Crippen LogP contribution in [0.15, 0.2) is 24.3 Å². The van der Waals surface area contributed by atoms with E-state index in [0.29, 0.717) is 24.1 Å². The third-order valence-corrected chi connectivity index (χ3v) is 3.62. The number of amides is 1. The molecule has 3 N–H and O–H groups in total. The minimum atomic E-state index is -0.909. The van der Waals surface area contributed by atoms with Gasteiger partial charge in [-0.3, -0.25) is 9.59 Å². The van der Waals surface area contributed by atoms with Crippen molar-refractivity contribution in [2.24, 2.45) is 11.8 Å². The maximum absolute atomic E-state index is 12.1. The van der Waals surface area contributed by atoms with Crippen LogP contribution in [0.2, 0.25) is 0 Å². The Bertz CT molecular complexity index is 486. The molecule has 0 aromatic heterocycles. The molecule has 1 saturated carbocycles. The second kappa shape index (κ2) is 5.84. The fraction of sp³-hybridized carbons (Fsp3) is 0.429. The number of carboxylic acids is 1. The molecular formula is C14H17NO4. The number of aliphatic carboxylic acids is 1. The van der Waals surface area contributed by atoms with Crippen molar-refractivity contribution in [2.75, 3.05) is 5.32 Å². The smallest absolute Gasteiger partial charge is 0.307 e. The van der Waals surface area contributed by atoms with Crippen LogP contribution in [0.5, 0.6) is 0 Å². The Kier molecular flexibility index (Phi) is 4.16. The van der Waals surface area contributed by atoms with E-state index in [1.807, 2.05) is 0 Å². The van der Waals surface area contributed by atoms with E-state index in [-0.39, 0.29) is 12.5 Å². The Morgan fingerprint density at radius 3 is 2.58 bits per heavy atom. The Labute approximate surface area is 111 Å². The molecule has 0 spiro atoms. The number of carboxylic acid groups (broad SMARTS) is 1. The van der Waals surface area contributed by atoms with Crippen molar-refractivity contribution in [1.82, 2.24) is 0 Å². The van der Waals surface area contributed by atoms with Crippen molar-refractivity contribution in [2.45, 2.75) is 25.9 Å². The number of hydrogen-bond acceptors (Lipinski definition) is 3. The van der Waals surface area contributed by atoms with Gasteiger partial charge in [0, 0.05) is 11.3 Å². The summed E-state index contributed by atoms with van der Waals surface area (Å²) in [4.78, 5) is 23.2. The van der Waals surface area contributed by atoms with Crippen LogP contribution in [0.4, 0.5) is 5.69 Å². The molecule has 1 aromatic carbocycles. The molecule has 0 unspecified atom stereocenters. The summed E-state index contributed by atoms with van der Waals surface area (Å²) in [5.74, 6) is -2.26. The summed E-state index contributed by atoms with van der Waals surface area (Å²) in [6.45, 7) is -0.163. The number of rotatable bonds is 4. The molecule has 1 aliphatic rings. The number of carbonyl (C=O) groups is 2. The van der Waals surface area contributed by atoms with Crippen molar-refractivity contribution in [3.05, 3.63) is 29.8 Å². The number of hydrogen-bond donors (Lipinski definition) is 3. The van der Waals surface area contributed by atoms with E-state index in [1.54, 1.807) is 24.3 Å². The first kappa shape index (κ1) is 13.5. The molecule has 19 heavy (non-hydrogen) atoms. The molecule has 1 aromatic rings. The third-order valence-electron chi connectivity index (χ3n) is 3.62. The van der Waals surface area contributed by atoms with Gasteiger partial charge >= 0.3 is 5.97 Å². The molecule has 0 aliphatic heterocycles. The van der Waals surface area contributed by atoms with Gasteiger partial charge in [0.05, 0.1) is 18.4 Å². The number of carbonyl (C=O) groups excluding carboxylic acids is 1. The number of aliphatic hydroxyl groups is 1. The molecule has 5 nitrogen and oxygen atoms in total. The highest BCUT2D eigenvalue weighted by Gasteiger charge is 2.37. The average Bonchev–Trinajstić information content (AvgIpc) is 2.88. The number of aliphatic hydroxyl groups excluding tert-OH is 1. The van der Waals surface area contributed by atoms with E-state index < -0.39 is 17.8 Å². The van der Waals surface area contributed by atoms with Gasteiger partial charge in [-0.1, -0.05) is 24.6 Å². The molecule has 0 radical (unpaired) electrons. The highest BCUT2D eigenvalue weighted by atomic mass is 16.4. The van der Waals surface area contributed by atoms with Gasteiger partial charge in [-0.05, 0) is 18.9 Å². The zero-order chi connectivity index (χ0) is 13.8. The molecule has 1 aliphatic carbocycles. The van der Waals surface area contributed by atoms with E-state index in [9.17, 15) is 14.7 Å². The predicted molar refractivity (Wildman–Crippen MR) is 69.5 cm³/mol. The summed E-state index contributed by atoms with van der Waals surface area (Å²) < 4.78 is 0. The molecule has 0 bridgehead atoms. The predicted octanol–water partition coefficient (Wildman–Crippen LogP) is 1.62. The minimum Gasteiger partial charge on any atom is -0.481 e. The molecule has 0 heterocycles. The lowest BCUT2D eigenvalue weighted by atomic mass is 9.95. The zero-order valence-corrected chi connectivity index (χ0v) is 10.5. The molecule has 1 amide bonds. The van der Waals surface area contributed by atoms with Crippen LogP contribution in [0.3, 0.4) is 0 Å². The largest absolute Gasteiger partial charge is 0.481 e. The first-order chi connectivity index (χ1) is 9.13. The van der Waals surface area contributed by atoms with Gasteiger partial charge < -0.3 is 15.5 Å². The summed E-state index contributed by atoms with van der Waals surface area (Å²) in [7, 11) is 0. The maximum Gasteiger partial charge on any atom is 0.307 e. The van der Waals surface area contributed by atoms with E-state index in [0.717, 1.165) is 6.42 Å². The standard InChI is InChI=1S/C14H17NO4/c16-8-9-4-1-2-7-12(9)15-13(17)10-5-3-6-11(10)14(18)19/h1-2,4,7,10-11,16H,3,5-6,8H2,(H,15,17)(H,18,19)/t10-,11+/m1/s1. The van der Waals surface area contributed by atoms with Gasteiger partial charge in [0.2, 0.25) is 5.91 Å². The summed E-state index contributed by atoms with van der Waals surface area (Å²) in [5.41, 5.74) is 1.17. The number of benzene rings is 1. The Balaban J connectivity index is 2.10. The minimum absolute atomic E-state index is 0.163. The SMILES string of the molecule is O=C(O)[C@H]1CCC[C@H]1C(=O)Nc1ccccc1CO. The fourth-order valence-electron chi connectivity index (χ4n) is 2.58. The topological polar surface area (TPSA) is 86.6 Å². The first-order valence-corrected chi connectivity index (χ1v) is 6.36. The van der Waals surface area contributed by atoms with Crippen molar-refractivity contribution >= 4 is 17.6 Å². The van der Waals surface area contributed by atoms with Crippen molar-refractivity contribution in [3.8, 4) is 0 Å². The van der Waals surface area contributed by atoms with Gasteiger partial charge in [-0.25, -0.2) is 0 Å². The van der Waals surface area contributed by atoms with Crippen molar-refractivity contribution < 1.29 is 19.8 Å². The van der Waals surface area contributed by atoms with Gasteiger partial charge in [0.25, 0.3) is 0 Å². The van der Waals surface area contributed by atoms with Crippen LogP contribution in [0.25, 0.3) is 0 Å². The first-order valence-electron chi connectivity index (χ1n) is 6.36. The summed E-state index contributed by atoms with van der Waals surface area (Å²) in [5, 5.41) is 21.0. The average molecular weight is 263 g/mol. The lowest BCUT2D eigenvalue weighted by molar-refractivity contribution is -0.145. The molecule has 2 rings (SSSR count). The second-order valence-corrected chi connectivity index (χ2v) is 4.79. The molecular weight excluding hydrogens is 246 g/mol. The van der Waals surface area contributed by atoms with E-state index in [2.05, 4.69) is 5.32 Å². The van der Waals surface area contributed by atoms with Crippen molar-refractivity contribution in [3.63, 3.8) is 0 Å². The van der Waals surface area contributed by atoms with Gasteiger partial charge in [0.1, 0.15) is 0 Å². The molecule has 102 valence electrons. The number of para-hydroxylation sites is 1. The summed E-state index contributed by atoms with van der Waals surface area (Å²) in [6.07, 6.45) is 1.91. The summed E-state index contributed by atoms with van der Waals surface area (Å²) in [6, 6.07) is 6.96. The van der Waals surface area contributed by atoms with Gasteiger partial charge in [-0.2, -0.15) is 0 Å². The van der Waals surface area contributed by atoms with Crippen LogP contribution in [0.1, 0.15) is 24.8 Å². The molecule has 1 fully saturated rings. The summed E-state index contributed by atoms with van der Waals surface area (Å²) >= 11 is 0. The lowest BCUT2D eigenvalue weighted by Crippen LogP contribution is -2.30. The number of anilines is 1. The van der Waals surface area contributed by atoms with Gasteiger partial charge in [0.15, 0.2) is 0 Å². The van der Waals surface area contributed by atoms with E-state index in [4.69, 9.17) is 5.11 Å². The van der Waals surface area contributed by atoms with Crippen LogP contribution >= 0.6 is 0 Å². The Hall–Kier alpha value is -1.88. The maximum atomic E-state index is 12.1. The zero-order valence-electron chi connectivity index (χ0n) is 10.5. The highest BCUT2D eigenvalue weighted by molar-refractivity contribution is 5.95. The lowest BCUT2D eigenvalue weighted by Gasteiger charge is -2.16. The highest BCUT2D eigenvalue weighted by Crippen LogP contribution is 2.33. The Morgan fingerprint density at radius 2 is 1.89 bits per heavy atom. The molecule has 2 atom stereocenters. The quantitative estimate of drug-likeness (QED) is 0.770. The van der Waals surface area contributed by atoms with Crippen LogP contribution in [0, 0.1) is 11.8 Å². The fourth-order valence-corrected chi connectivity index (χ4v) is 2.58. The third kappa shape index (κ3) is 2.93. The Morgan fingerprint density at radius 1 is 1.21 bits per heavy atom. The normalized spacial score (nSPS) is 22.2. The van der Waals surface area contributed by atoms with Gasteiger partial charge in [-0.15, -0.1) is 0 Å². The monoisotopic (exact) mass is 263 g/mol. The van der Waals surface area contributed by atoms with Crippen molar-refractivity contribution in [1.29, 1.82) is 0 Å². The van der Waals surface area contributed by atoms with Crippen LogP contribution in [-0.4, -0.2) is 22.1 Å². The van der Waals surface area contributed by atoms with Crippen LogP contribution < -0.4 is 5.32 Å². The van der Waals surface area contributed by atoms with E-state index in [1.165, 1.54) is 0 Å². The van der Waals surface area contributed by atoms with E-state index >= 15 is 0 Å². The van der Waals surface area contributed by atoms with Crippen LogP contribution in [-0.2, 0) is 16.2 Å².